The van der Waals surface area contributed by atoms with E-state index in [0.29, 0.717) is 5.69 Å². The minimum atomic E-state index is 0.168. The Hall–Kier alpha value is -2.20. The molecule has 1 rings (SSSR count). The van der Waals surface area contributed by atoms with Crippen LogP contribution in [0.1, 0.15) is 5.56 Å². The van der Waals surface area contributed by atoms with Crippen LogP contribution < -0.4 is 10.6 Å². The third kappa shape index (κ3) is 2.38. The lowest BCUT2D eigenvalue weighted by Gasteiger charge is -2.20. The topological polar surface area (TPSA) is 76.8 Å². The number of nitrogen functional groups attached to an aromatic ring is 1. The van der Waals surface area contributed by atoms with E-state index in [2.05, 4.69) is 0 Å². The molecule has 0 aliphatic rings. The molecular formula is C11H12N4. The van der Waals surface area contributed by atoms with Crippen molar-refractivity contribution in [2.24, 2.45) is 0 Å². The van der Waals surface area contributed by atoms with Gasteiger partial charge in [-0.1, -0.05) is 12.1 Å². The van der Waals surface area contributed by atoms with Gasteiger partial charge in [-0.15, -0.1) is 0 Å². The van der Waals surface area contributed by atoms with Gasteiger partial charge in [0.1, 0.15) is 13.1 Å². The van der Waals surface area contributed by atoms with E-state index in [9.17, 15) is 0 Å². The quantitative estimate of drug-likeness (QED) is 0.591. The Labute approximate surface area is 89.1 Å². The fourth-order valence-corrected chi connectivity index (χ4v) is 1.34. The molecule has 15 heavy (non-hydrogen) atoms. The van der Waals surface area contributed by atoms with Crippen molar-refractivity contribution in [3.05, 3.63) is 23.8 Å². The molecule has 0 amide bonds. The van der Waals surface area contributed by atoms with Gasteiger partial charge in [-0.05, 0) is 18.6 Å². The molecule has 0 unspecified atom stereocenters. The van der Waals surface area contributed by atoms with Gasteiger partial charge in [0.25, 0.3) is 0 Å². The largest absolute Gasteiger partial charge is 0.397 e. The normalized spacial score (nSPS) is 9.00. The van der Waals surface area contributed by atoms with Crippen LogP contribution >= 0.6 is 0 Å². The van der Waals surface area contributed by atoms with Gasteiger partial charge in [0.15, 0.2) is 0 Å². The number of para-hydroxylation sites is 1. The van der Waals surface area contributed by atoms with Crippen molar-refractivity contribution in [3.8, 4) is 12.1 Å². The van der Waals surface area contributed by atoms with Crippen LogP contribution in [0.5, 0.6) is 0 Å². The first-order valence-electron chi connectivity index (χ1n) is 4.54. The Balaban J connectivity index is 3.07. The van der Waals surface area contributed by atoms with E-state index in [1.807, 2.05) is 37.3 Å². The molecule has 1 aromatic rings. The Morgan fingerprint density at radius 3 is 2.40 bits per heavy atom. The second-order valence-corrected chi connectivity index (χ2v) is 3.18. The lowest BCUT2D eigenvalue weighted by Crippen LogP contribution is -2.24. The van der Waals surface area contributed by atoms with Gasteiger partial charge in [-0.3, -0.25) is 0 Å². The summed E-state index contributed by atoms with van der Waals surface area (Å²) in [5, 5.41) is 17.3. The van der Waals surface area contributed by atoms with Crippen LogP contribution in [0.4, 0.5) is 11.4 Å². The van der Waals surface area contributed by atoms with Crippen LogP contribution in [-0.2, 0) is 0 Å². The molecule has 0 aromatic heterocycles. The van der Waals surface area contributed by atoms with Crippen LogP contribution in [0.3, 0.4) is 0 Å². The highest BCUT2D eigenvalue weighted by atomic mass is 15.1. The second-order valence-electron chi connectivity index (χ2n) is 3.18. The number of benzene rings is 1. The molecule has 0 aliphatic carbocycles. The van der Waals surface area contributed by atoms with Gasteiger partial charge < -0.3 is 10.6 Å². The predicted molar refractivity (Wildman–Crippen MR) is 59.0 cm³/mol. The molecule has 0 atom stereocenters. The first-order chi connectivity index (χ1) is 7.20. The molecule has 4 nitrogen and oxygen atoms in total. The SMILES string of the molecule is Cc1cccc(N(CC#N)CC#N)c1N. The van der Waals surface area contributed by atoms with Gasteiger partial charge in [-0.25, -0.2) is 0 Å². The number of rotatable bonds is 3. The maximum Gasteiger partial charge on any atom is 0.107 e. The Bertz CT molecular complexity index is 409. The summed E-state index contributed by atoms with van der Waals surface area (Å²) >= 11 is 0. The summed E-state index contributed by atoms with van der Waals surface area (Å²) in [6.07, 6.45) is 0. The number of hydrogen-bond donors (Lipinski definition) is 1. The molecule has 0 spiro atoms. The molecule has 2 N–H and O–H groups in total. The molecule has 0 fully saturated rings. The van der Waals surface area contributed by atoms with E-state index in [-0.39, 0.29) is 13.1 Å². The molecule has 0 saturated carbocycles. The first-order valence-corrected chi connectivity index (χ1v) is 4.54. The van der Waals surface area contributed by atoms with E-state index < -0.39 is 0 Å². The zero-order valence-electron chi connectivity index (χ0n) is 8.57. The van der Waals surface area contributed by atoms with Crippen LogP contribution in [0.15, 0.2) is 18.2 Å². The minimum Gasteiger partial charge on any atom is -0.397 e. The van der Waals surface area contributed by atoms with Crippen molar-refractivity contribution in [2.75, 3.05) is 23.7 Å². The summed E-state index contributed by atoms with van der Waals surface area (Å²) in [4.78, 5) is 1.66. The number of nitriles is 2. The Kier molecular flexibility index (Phi) is 3.54. The molecule has 0 saturated heterocycles. The average Bonchev–Trinajstić information content (AvgIpc) is 2.22. The molecule has 0 aliphatic heterocycles. The molecule has 4 heteroatoms. The molecular weight excluding hydrogens is 188 g/mol. The smallest absolute Gasteiger partial charge is 0.107 e. The first kappa shape index (κ1) is 10.9. The van der Waals surface area contributed by atoms with E-state index in [1.165, 1.54) is 0 Å². The lowest BCUT2D eigenvalue weighted by atomic mass is 10.1. The van der Waals surface area contributed by atoms with Gasteiger partial charge in [-0.2, -0.15) is 10.5 Å². The third-order valence-electron chi connectivity index (χ3n) is 2.16. The Morgan fingerprint density at radius 1 is 1.27 bits per heavy atom. The van der Waals surface area contributed by atoms with Crippen LogP contribution in [0.2, 0.25) is 0 Å². The van der Waals surface area contributed by atoms with Crippen molar-refractivity contribution in [1.29, 1.82) is 10.5 Å². The van der Waals surface area contributed by atoms with E-state index in [1.54, 1.807) is 4.90 Å². The monoisotopic (exact) mass is 200 g/mol. The number of anilines is 2. The standard InChI is InChI=1S/C11H12N4/c1-9-3-2-4-10(11(9)14)15(7-5-12)8-6-13/h2-4H,7-8,14H2,1H3. The zero-order chi connectivity index (χ0) is 11.3. The van der Waals surface area contributed by atoms with Crippen LogP contribution in [0.25, 0.3) is 0 Å². The van der Waals surface area contributed by atoms with Crippen LogP contribution in [-0.4, -0.2) is 13.1 Å². The molecule has 76 valence electrons. The highest BCUT2D eigenvalue weighted by Crippen LogP contribution is 2.25. The fraction of sp³-hybridized carbons (Fsp3) is 0.273. The van der Waals surface area contributed by atoms with E-state index in [0.717, 1.165) is 11.3 Å². The summed E-state index contributed by atoms with van der Waals surface area (Å²) in [6.45, 7) is 2.23. The van der Waals surface area contributed by atoms with Gasteiger partial charge >= 0.3 is 0 Å². The predicted octanol–water partition coefficient (Wildman–Crippen LogP) is 1.43. The van der Waals surface area contributed by atoms with Crippen molar-refractivity contribution < 1.29 is 0 Å². The van der Waals surface area contributed by atoms with Gasteiger partial charge in [0.05, 0.1) is 23.5 Å². The summed E-state index contributed by atoms with van der Waals surface area (Å²) in [7, 11) is 0. The van der Waals surface area contributed by atoms with Crippen molar-refractivity contribution in [1.82, 2.24) is 0 Å². The maximum atomic E-state index is 8.64. The second kappa shape index (κ2) is 4.88. The lowest BCUT2D eigenvalue weighted by molar-refractivity contribution is 0.967. The summed E-state index contributed by atoms with van der Waals surface area (Å²) in [5.41, 5.74) is 8.21. The maximum absolute atomic E-state index is 8.64. The summed E-state index contributed by atoms with van der Waals surface area (Å²) in [6, 6.07) is 9.61. The third-order valence-corrected chi connectivity index (χ3v) is 2.16. The van der Waals surface area contributed by atoms with E-state index in [4.69, 9.17) is 16.3 Å². The fourth-order valence-electron chi connectivity index (χ4n) is 1.34. The number of aryl methyl sites for hydroxylation is 1. The minimum absolute atomic E-state index is 0.168. The van der Waals surface area contributed by atoms with Crippen molar-refractivity contribution in [3.63, 3.8) is 0 Å². The van der Waals surface area contributed by atoms with Crippen molar-refractivity contribution >= 4 is 11.4 Å². The highest BCUT2D eigenvalue weighted by molar-refractivity contribution is 5.71. The average molecular weight is 200 g/mol. The zero-order valence-corrected chi connectivity index (χ0v) is 8.57. The van der Waals surface area contributed by atoms with E-state index >= 15 is 0 Å². The summed E-state index contributed by atoms with van der Waals surface area (Å²) in [5.74, 6) is 0. The Morgan fingerprint density at radius 2 is 1.87 bits per heavy atom. The number of nitrogens with two attached hydrogens (primary N) is 1. The number of hydrogen-bond acceptors (Lipinski definition) is 4. The molecule has 1 aromatic carbocycles. The molecule has 0 radical (unpaired) electrons. The van der Waals surface area contributed by atoms with Gasteiger partial charge in [0, 0.05) is 0 Å². The molecule has 0 bridgehead atoms. The van der Waals surface area contributed by atoms with Crippen LogP contribution in [0, 0.1) is 29.6 Å². The highest BCUT2D eigenvalue weighted by Gasteiger charge is 2.09. The molecule has 0 heterocycles. The number of nitrogens with zero attached hydrogens (tertiary/aromatic N) is 3. The summed E-state index contributed by atoms with van der Waals surface area (Å²) < 4.78 is 0. The van der Waals surface area contributed by atoms with Gasteiger partial charge in [0.2, 0.25) is 0 Å². The van der Waals surface area contributed by atoms with Crippen molar-refractivity contribution in [2.45, 2.75) is 6.92 Å².